The number of hydrogen-bond acceptors (Lipinski definition) is 6. The molecule has 2 fully saturated rings. The molecule has 33 heavy (non-hydrogen) atoms. The van der Waals surface area contributed by atoms with Crippen LogP contribution in [0.15, 0.2) is 30.5 Å². The van der Waals surface area contributed by atoms with E-state index in [0.29, 0.717) is 5.56 Å². The van der Waals surface area contributed by atoms with Crippen LogP contribution in [0.25, 0.3) is 0 Å². The topological polar surface area (TPSA) is 69.7 Å². The van der Waals surface area contributed by atoms with Crippen LogP contribution in [0, 0.1) is 11.7 Å². The Balaban J connectivity index is 1.33. The van der Waals surface area contributed by atoms with E-state index in [1.165, 1.54) is 13.2 Å². The van der Waals surface area contributed by atoms with E-state index in [0.717, 1.165) is 41.7 Å². The predicted molar refractivity (Wildman–Crippen MR) is 124 cm³/mol. The number of benzene rings is 1. The number of carbonyl (C=O) groups is 1. The van der Waals surface area contributed by atoms with Crippen molar-refractivity contribution in [2.24, 2.45) is 5.92 Å². The summed E-state index contributed by atoms with van der Waals surface area (Å²) < 4.78 is 32.3. The van der Waals surface area contributed by atoms with Crippen LogP contribution in [0.4, 0.5) is 10.1 Å². The molecule has 2 aromatic rings. The molecule has 1 aromatic carbocycles. The summed E-state index contributed by atoms with van der Waals surface area (Å²) in [7, 11) is 0.903. The van der Waals surface area contributed by atoms with E-state index >= 15 is 0 Å². The van der Waals surface area contributed by atoms with Gasteiger partial charge in [-0.3, -0.25) is 9.78 Å². The first-order valence-electron chi connectivity index (χ1n) is 11.6. The van der Waals surface area contributed by atoms with Crippen molar-refractivity contribution in [1.82, 2.24) is 4.98 Å². The zero-order chi connectivity index (χ0) is 23.5. The van der Waals surface area contributed by atoms with Gasteiger partial charge in [0.05, 0.1) is 42.2 Å². The molecule has 0 spiro atoms. The quantitative estimate of drug-likeness (QED) is 0.549. The molecule has 0 bridgehead atoms. The Kier molecular flexibility index (Phi) is 5.29. The number of aromatic nitrogens is 1. The fourth-order valence-corrected chi connectivity index (χ4v) is 4.92. The van der Waals surface area contributed by atoms with Crippen LogP contribution in [-0.2, 0) is 25.3 Å². The summed E-state index contributed by atoms with van der Waals surface area (Å²) in [6.45, 7) is 8.08. The standard InChI is InChI=1S/C25H30BFN2O4/c1-24(2)25(3,4)33-26(32-24)18-8-9-19(27)22-15(18)7-11-21(22)29-14-6-10-20(28-13-14)16-12-17(16)23(30)31-5/h6,8-10,13,16-17,21,29H,7,11-12H2,1-5H3/t16-,17-,21+/m0/s1. The van der Waals surface area contributed by atoms with Crippen LogP contribution in [-0.4, -0.2) is 36.4 Å². The molecule has 5 rings (SSSR count). The van der Waals surface area contributed by atoms with Gasteiger partial charge in [0.1, 0.15) is 5.82 Å². The number of anilines is 1. The van der Waals surface area contributed by atoms with Crippen molar-refractivity contribution < 1.29 is 23.2 Å². The van der Waals surface area contributed by atoms with Crippen LogP contribution < -0.4 is 10.8 Å². The summed E-state index contributed by atoms with van der Waals surface area (Å²) in [4.78, 5) is 16.2. The zero-order valence-corrected chi connectivity index (χ0v) is 19.8. The van der Waals surface area contributed by atoms with Crippen molar-refractivity contribution in [3.8, 4) is 0 Å². The highest BCUT2D eigenvalue weighted by molar-refractivity contribution is 6.62. The Bertz CT molecular complexity index is 1070. The smallest absolute Gasteiger partial charge is 0.469 e. The number of pyridine rings is 1. The molecule has 0 radical (unpaired) electrons. The average molecular weight is 452 g/mol. The van der Waals surface area contributed by atoms with Gasteiger partial charge < -0.3 is 19.4 Å². The molecule has 0 amide bonds. The number of methoxy groups -OCH3 is 1. The molecule has 2 heterocycles. The highest BCUT2D eigenvalue weighted by atomic mass is 19.1. The lowest BCUT2D eigenvalue weighted by Gasteiger charge is -2.32. The van der Waals surface area contributed by atoms with Gasteiger partial charge in [0, 0.05) is 17.2 Å². The van der Waals surface area contributed by atoms with Crippen molar-refractivity contribution in [3.63, 3.8) is 0 Å². The molecular formula is C25H30BFN2O4. The fourth-order valence-electron chi connectivity index (χ4n) is 4.92. The van der Waals surface area contributed by atoms with E-state index in [9.17, 15) is 9.18 Å². The lowest BCUT2D eigenvalue weighted by molar-refractivity contribution is -0.142. The Hall–Kier alpha value is -2.45. The van der Waals surface area contributed by atoms with Crippen LogP contribution in [0.2, 0.25) is 0 Å². The third kappa shape index (κ3) is 3.83. The third-order valence-corrected chi connectivity index (χ3v) is 7.68. The molecule has 8 heteroatoms. The van der Waals surface area contributed by atoms with Crippen LogP contribution >= 0.6 is 0 Å². The van der Waals surface area contributed by atoms with E-state index in [1.807, 2.05) is 39.8 Å². The monoisotopic (exact) mass is 452 g/mol. The molecule has 1 N–H and O–H groups in total. The second-order valence-corrected chi connectivity index (χ2v) is 10.3. The maximum atomic E-state index is 15.0. The first kappa shape index (κ1) is 22.4. The maximum absolute atomic E-state index is 15.0. The summed E-state index contributed by atoms with van der Waals surface area (Å²) >= 11 is 0. The zero-order valence-electron chi connectivity index (χ0n) is 19.8. The first-order chi connectivity index (χ1) is 15.6. The van der Waals surface area contributed by atoms with Gasteiger partial charge in [-0.15, -0.1) is 0 Å². The predicted octanol–water partition coefficient (Wildman–Crippen LogP) is 3.90. The fraction of sp³-hybridized carbons (Fsp3) is 0.520. The third-order valence-electron chi connectivity index (χ3n) is 7.68. The molecule has 1 saturated heterocycles. The van der Waals surface area contributed by atoms with Crippen molar-refractivity contribution in [2.75, 3.05) is 12.4 Å². The Morgan fingerprint density at radius 2 is 1.91 bits per heavy atom. The minimum Gasteiger partial charge on any atom is -0.469 e. The van der Waals surface area contributed by atoms with Gasteiger partial charge in [0.2, 0.25) is 0 Å². The molecule has 174 valence electrons. The van der Waals surface area contributed by atoms with E-state index < -0.39 is 18.3 Å². The molecule has 1 saturated carbocycles. The van der Waals surface area contributed by atoms with E-state index in [-0.39, 0.29) is 29.7 Å². The summed E-state index contributed by atoms with van der Waals surface area (Å²) in [5.74, 6) is -0.368. The number of ether oxygens (including phenoxy) is 1. The molecular weight excluding hydrogens is 422 g/mol. The number of esters is 1. The van der Waals surface area contributed by atoms with Gasteiger partial charge >= 0.3 is 13.1 Å². The summed E-state index contributed by atoms with van der Waals surface area (Å²) in [5, 5.41) is 3.44. The van der Waals surface area contributed by atoms with E-state index in [1.54, 1.807) is 12.3 Å². The van der Waals surface area contributed by atoms with Crippen LogP contribution in [0.1, 0.15) is 69.3 Å². The summed E-state index contributed by atoms with van der Waals surface area (Å²) in [6, 6.07) is 7.04. The highest BCUT2D eigenvalue weighted by Crippen LogP contribution is 2.47. The SMILES string of the molecule is COC(=O)[C@H]1C[C@@H]1c1ccc(N[C@@H]2CCc3c(B4OC(C)(C)C(C)(C)O4)ccc(F)c32)cn1. The van der Waals surface area contributed by atoms with E-state index in [4.69, 9.17) is 14.0 Å². The number of hydrogen-bond donors (Lipinski definition) is 1. The molecule has 2 aliphatic carbocycles. The normalized spacial score (nSPS) is 26.7. The second-order valence-electron chi connectivity index (χ2n) is 10.3. The van der Waals surface area contributed by atoms with Gasteiger partial charge in [-0.2, -0.15) is 0 Å². The van der Waals surface area contributed by atoms with Crippen molar-refractivity contribution in [1.29, 1.82) is 0 Å². The van der Waals surface area contributed by atoms with Gasteiger partial charge in [0.15, 0.2) is 0 Å². The number of fused-ring (bicyclic) bond motifs is 1. The lowest BCUT2D eigenvalue weighted by atomic mass is 9.75. The number of rotatable bonds is 5. The van der Waals surface area contributed by atoms with Crippen LogP contribution in [0.3, 0.4) is 0 Å². The molecule has 6 nitrogen and oxygen atoms in total. The van der Waals surface area contributed by atoms with Gasteiger partial charge in [-0.05, 0) is 76.2 Å². The maximum Gasteiger partial charge on any atom is 0.495 e. The van der Waals surface area contributed by atoms with Crippen molar-refractivity contribution in [2.45, 2.75) is 70.1 Å². The summed E-state index contributed by atoms with van der Waals surface area (Å²) in [6.07, 6.45) is 4.06. The molecule has 1 aliphatic heterocycles. The minimum absolute atomic E-state index is 0.0921. The van der Waals surface area contributed by atoms with Crippen molar-refractivity contribution >= 4 is 24.2 Å². The molecule has 3 aliphatic rings. The lowest BCUT2D eigenvalue weighted by Crippen LogP contribution is -2.41. The largest absolute Gasteiger partial charge is 0.495 e. The Labute approximate surface area is 194 Å². The van der Waals surface area contributed by atoms with Crippen LogP contribution in [0.5, 0.6) is 0 Å². The highest BCUT2D eigenvalue weighted by Gasteiger charge is 2.52. The molecule has 0 unspecified atom stereocenters. The van der Waals surface area contributed by atoms with Crippen molar-refractivity contribution in [3.05, 3.63) is 53.1 Å². The second kappa shape index (κ2) is 7.81. The number of nitrogens with zero attached hydrogens (tertiary/aromatic N) is 1. The number of halogens is 1. The van der Waals surface area contributed by atoms with Gasteiger partial charge in [0.25, 0.3) is 0 Å². The summed E-state index contributed by atoms with van der Waals surface area (Å²) in [5.41, 5.74) is 3.37. The first-order valence-corrected chi connectivity index (χ1v) is 11.6. The van der Waals surface area contributed by atoms with E-state index in [2.05, 4.69) is 10.3 Å². The Morgan fingerprint density at radius 1 is 1.18 bits per heavy atom. The minimum atomic E-state index is -0.509. The van der Waals surface area contributed by atoms with Gasteiger partial charge in [-0.25, -0.2) is 4.39 Å². The molecule has 3 atom stereocenters. The average Bonchev–Trinajstić information content (AvgIpc) is 3.40. The number of carbonyl (C=O) groups excluding carboxylic acids is 1. The number of nitrogens with one attached hydrogen (secondary N) is 1. The molecule has 1 aromatic heterocycles. The van der Waals surface area contributed by atoms with Gasteiger partial charge in [-0.1, -0.05) is 6.07 Å². The Morgan fingerprint density at radius 3 is 2.55 bits per heavy atom.